The van der Waals surface area contributed by atoms with Crippen LogP contribution in [-0.2, 0) is 29.4 Å². The number of sulfonamides is 1. The number of hydrogen-bond acceptors (Lipinski definition) is 4. The third kappa shape index (κ3) is 3.67. The lowest BCUT2D eigenvalue weighted by Crippen LogP contribution is -2.33. The van der Waals surface area contributed by atoms with Gasteiger partial charge in [-0.3, -0.25) is 4.79 Å². The molecule has 0 bridgehead atoms. The van der Waals surface area contributed by atoms with Crippen molar-refractivity contribution in [3.05, 3.63) is 56.5 Å². The number of nitrogens with one attached hydrogen (secondary N) is 1. The molecule has 134 valence electrons. The topological polar surface area (TPSA) is 81.1 Å². The van der Waals surface area contributed by atoms with E-state index in [1.165, 1.54) is 4.68 Å². The fraction of sp³-hybridized carbons (Fsp3) is 0.444. The van der Waals surface area contributed by atoms with E-state index in [9.17, 15) is 13.2 Å². The van der Waals surface area contributed by atoms with E-state index in [2.05, 4.69) is 9.82 Å². The van der Waals surface area contributed by atoms with E-state index in [4.69, 9.17) is 0 Å². The van der Waals surface area contributed by atoms with Gasteiger partial charge in [0.2, 0.25) is 10.0 Å². The van der Waals surface area contributed by atoms with Crippen LogP contribution in [0.15, 0.2) is 27.9 Å². The molecule has 1 N–H and O–H groups in total. The zero-order valence-corrected chi connectivity index (χ0v) is 15.6. The molecule has 0 spiro atoms. The largest absolute Gasteiger partial charge is 0.268 e. The van der Waals surface area contributed by atoms with Crippen molar-refractivity contribution in [1.29, 1.82) is 0 Å². The number of hydrogen-bond donors (Lipinski definition) is 1. The maximum atomic E-state index is 12.6. The van der Waals surface area contributed by atoms with Crippen LogP contribution in [0.2, 0.25) is 0 Å². The Morgan fingerprint density at radius 1 is 1.12 bits per heavy atom. The van der Waals surface area contributed by atoms with Gasteiger partial charge in [0.15, 0.2) is 0 Å². The Balaban J connectivity index is 1.75. The molecule has 0 aliphatic heterocycles. The minimum absolute atomic E-state index is 0.126. The van der Waals surface area contributed by atoms with Crippen molar-refractivity contribution in [3.63, 3.8) is 0 Å². The summed E-state index contributed by atoms with van der Waals surface area (Å²) < 4.78 is 29.2. The van der Waals surface area contributed by atoms with Crippen molar-refractivity contribution in [2.75, 3.05) is 6.54 Å². The number of nitrogens with zero attached hydrogens (tertiary/aromatic N) is 2. The molecule has 0 saturated heterocycles. The van der Waals surface area contributed by atoms with E-state index in [1.807, 2.05) is 19.1 Å². The van der Waals surface area contributed by atoms with E-state index in [0.717, 1.165) is 47.2 Å². The lowest BCUT2D eigenvalue weighted by Gasteiger charge is -2.13. The average Bonchev–Trinajstić information content (AvgIpc) is 2.92. The highest BCUT2D eigenvalue weighted by molar-refractivity contribution is 7.89. The van der Waals surface area contributed by atoms with E-state index in [-0.39, 0.29) is 18.6 Å². The first-order valence-electron chi connectivity index (χ1n) is 8.45. The van der Waals surface area contributed by atoms with Gasteiger partial charge in [0, 0.05) is 12.6 Å². The van der Waals surface area contributed by atoms with E-state index in [0.29, 0.717) is 4.90 Å². The second kappa shape index (κ2) is 6.72. The van der Waals surface area contributed by atoms with Crippen LogP contribution in [0, 0.1) is 20.8 Å². The maximum Gasteiger partial charge on any atom is 0.267 e. The van der Waals surface area contributed by atoms with E-state index < -0.39 is 10.0 Å². The first kappa shape index (κ1) is 17.8. The van der Waals surface area contributed by atoms with Gasteiger partial charge < -0.3 is 0 Å². The molecule has 1 aromatic heterocycles. The third-order valence-corrected chi connectivity index (χ3v) is 6.28. The minimum atomic E-state index is -3.63. The van der Waals surface area contributed by atoms with Gasteiger partial charge in [0.1, 0.15) is 0 Å². The van der Waals surface area contributed by atoms with Crippen molar-refractivity contribution in [3.8, 4) is 0 Å². The van der Waals surface area contributed by atoms with E-state index in [1.54, 1.807) is 19.9 Å². The standard InChI is InChI=1S/C18H23N3O3S/c1-12-9-13(2)18(14(3)10-12)25(23,24)19-7-8-21-17(22)11-15-5-4-6-16(15)20-21/h9-11,19H,4-8H2,1-3H3. The van der Waals surface area contributed by atoms with Crippen molar-refractivity contribution >= 4 is 10.0 Å². The molecule has 0 saturated carbocycles. The molecule has 0 unspecified atom stereocenters. The van der Waals surface area contributed by atoms with Crippen LogP contribution in [0.3, 0.4) is 0 Å². The minimum Gasteiger partial charge on any atom is -0.268 e. The van der Waals surface area contributed by atoms with Crippen LogP contribution >= 0.6 is 0 Å². The number of fused-ring (bicyclic) bond motifs is 1. The predicted molar refractivity (Wildman–Crippen MR) is 96.4 cm³/mol. The van der Waals surface area contributed by atoms with Gasteiger partial charge >= 0.3 is 0 Å². The first-order chi connectivity index (χ1) is 11.8. The Hall–Kier alpha value is -1.99. The Kier molecular flexibility index (Phi) is 4.79. The van der Waals surface area contributed by atoms with Crippen LogP contribution in [0.1, 0.15) is 34.4 Å². The lowest BCUT2D eigenvalue weighted by atomic mass is 10.1. The van der Waals surface area contributed by atoms with Gasteiger partial charge in [-0.1, -0.05) is 17.7 Å². The molecule has 0 radical (unpaired) electrons. The Morgan fingerprint density at radius 3 is 2.48 bits per heavy atom. The van der Waals surface area contributed by atoms with Crippen molar-refractivity contribution in [2.45, 2.75) is 51.5 Å². The van der Waals surface area contributed by atoms with Crippen molar-refractivity contribution in [1.82, 2.24) is 14.5 Å². The molecule has 7 heteroatoms. The van der Waals surface area contributed by atoms with Crippen LogP contribution in [-0.4, -0.2) is 24.7 Å². The second-order valence-corrected chi connectivity index (χ2v) is 8.36. The average molecular weight is 361 g/mol. The molecule has 3 rings (SSSR count). The summed E-state index contributed by atoms with van der Waals surface area (Å²) in [6.07, 6.45) is 2.80. The van der Waals surface area contributed by atoms with Gasteiger partial charge in [-0.2, -0.15) is 5.10 Å². The molecule has 1 aromatic carbocycles. The SMILES string of the molecule is Cc1cc(C)c(S(=O)(=O)NCCn2nc3c(cc2=O)CCC3)c(C)c1. The van der Waals surface area contributed by atoms with Gasteiger partial charge in [0.25, 0.3) is 5.56 Å². The Morgan fingerprint density at radius 2 is 1.80 bits per heavy atom. The summed E-state index contributed by atoms with van der Waals surface area (Å²) in [6.45, 7) is 5.87. The number of aryl methyl sites for hydroxylation is 5. The molecule has 6 nitrogen and oxygen atoms in total. The van der Waals surface area contributed by atoms with E-state index >= 15 is 0 Å². The summed E-state index contributed by atoms with van der Waals surface area (Å²) in [4.78, 5) is 12.4. The second-order valence-electron chi connectivity index (χ2n) is 6.66. The number of rotatable bonds is 5. The number of benzene rings is 1. The van der Waals surface area contributed by atoms with Crippen LogP contribution < -0.4 is 10.3 Å². The van der Waals surface area contributed by atoms with Crippen LogP contribution in [0.4, 0.5) is 0 Å². The molecule has 0 amide bonds. The van der Waals surface area contributed by atoms with Crippen molar-refractivity contribution < 1.29 is 8.42 Å². The van der Waals surface area contributed by atoms with Gasteiger partial charge in [-0.05, 0) is 56.7 Å². The molecule has 25 heavy (non-hydrogen) atoms. The summed E-state index contributed by atoms with van der Waals surface area (Å²) >= 11 is 0. The van der Waals surface area contributed by atoms with Crippen molar-refractivity contribution in [2.24, 2.45) is 0 Å². The van der Waals surface area contributed by atoms with Crippen LogP contribution in [0.5, 0.6) is 0 Å². The predicted octanol–water partition coefficient (Wildman–Crippen LogP) is 1.64. The molecule has 1 aliphatic rings. The molecule has 2 aromatic rings. The highest BCUT2D eigenvalue weighted by Crippen LogP contribution is 2.21. The molecular formula is C18H23N3O3S. The zero-order chi connectivity index (χ0) is 18.2. The third-order valence-electron chi connectivity index (χ3n) is 4.51. The summed E-state index contributed by atoms with van der Waals surface area (Å²) in [5.74, 6) is 0. The quantitative estimate of drug-likeness (QED) is 0.878. The fourth-order valence-corrected chi connectivity index (χ4v) is 5.02. The first-order valence-corrected chi connectivity index (χ1v) is 9.94. The summed E-state index contributed by atoms with van der Waals surface area (Å²) in [5, 5.41) is 4.36. The van der Waals surface area contributed by atoms with Gasteiger partial charge in [0.05, 0.1) is 17.1 Å². The zero-order valence-electron chi connectivity index (χ0n) is 14.8. The molecular weight excluding hydrogens is 338 g/mol. The number of aromatic nitrogens is 2. The maximum absolute atomic E-state index is 12.6. The smallest absolute Gasteiger partial charge is 0.267 e. The Labute approximate surface area is 147 Å². The molecule has 0 fully saturated rings. The van der Waals surface area contributed by atoms with Gasteiger partial charge in [-0.25, -0.2) is 17.8 Å². The highest BCUT2D eigenvalue weighted by Gasteiger charge is 2.20. The summed E-state index contributed by atoms with van der Waals surface area (Å²) in [7, 11) is -3.63. The fourth-order valence-electron chi connectivity index (χ4n) is 3.55. The monoisotopic (exact) mass is 361 g/mol. The molecule has 1 heterocycles. The molecule has 0 atom stereocenters. The van der Waals surface area contributed by atoms with Gasteiger partial charge in [-0.15, -0.1) is 0 Å². The Bertz CT molecular complexity index is 955. The summed E-state index contributed by atoms with van der Waals surface area (Å²) in [5.41, 5.74) is 4.27. The summed E-state index contributed by atoms with van der Waals surface area (Å²) in [6, 6.07) is 5.33. The van der Waals surface area contributed by atoms with Crippen LogP contribution in [0.25, 0.3) is 0 Å². The molecule has 1 aliphatic carbocycles. The highest BCUT2D eigenvalue weighted by atomic mass is 32.2. The normalized spacial score (nSPS) is 13.9. The lowest BCUT2D eigenvalue weighted by molar-refractivity contribution is 0.541.